The van der Waals surface area contributed by atoms with Gasteiger partial charge in [0.25, 0.3) is 5.91 Å². The summed E-state index contributed by atoms with van der Waals surface area (Å²) in [6.07, 6.45) is -2.27. The number of hydrogen-bond acceptors (Lipinski definition) is 10. The van der Waals surface area contributed by atoms with Crippen LogP contribution in [0.3, 0.4) is 0 Å². The Bertz CT molecular complexity index is 2290. The number of fused-ring (bicyclic) bond motifs is 4. The number of nitrogen functional groups attached to an aromatic ring is 1. The van der Waals surface area contributed by atoms with Crippen molar-refractivity contribution in [3.8, 4) is 23.2 Å². The van der Waals surface area contributed by atoms with Gasteiger partial charge in [-0.3, -0.25) is 14.4 Å². The molecule has 0 bridgehead atoms. The zero-order chi connectivity index (χ0) is 37.9. The van der Waals surface area contributed by atoms with E-state index in [1.165, 1.54) is 24.9 Å². The van der Waals surface area contributed by atoms with Gasteiger partial charge in [-0.15, -0.1) is 11.3 Å². The van der Waals surface area contributed by atoms with Gasteiger partial charge in [0.05, 0.1) is 41.7 Å². The van der Waals surface area contributed by atoms with Crippen molar-refractivity contribution >= 4 is 49.1 Å². The average Bonchev–Trinajstić information content (AvgIpc) is 3.90. The zero-order valence-electron chi connectivity index (χ0n) is 28.8. The van der Waals surface area contributed by atoms with Gasteiger partial charge in [0.2, 0.25) is 0 Å². The molecule has 0 aliphatic carbocycles. The molecule has 11 nitrogen and oxygen atoms in total. The topological polar surface area (TPSA) is 129 Å². The number of benzene rings is 2. The summed E-state index contributed by atoms with van der Waals surface area (Å²) in [7, 11) is 4.40. The number of ether oxygens (including phenoxy) is 1. The third-order valence-corrected chi connectivity index (χ3v) is 10.8. The minimum atomic E-state index is -5.08. The first-order chi connectivity index (χ1) is 25.2. The molecule has 3 aromatic heterocycles. The van der Waals surface area contributed by atoms with Gasteiger partial charge in [-0.05, 0) is 49.6 Å². The molecule has 5 aromatic rings. The summed E-state index contributed by atoms with van der Waals surface area (Å²) in [5.74, 6) is -2.53. The number of thiophene rings is 1. The lowest BCUT2D eigenvalue weighted by Gasteiger charge is -2.30. The first-order valence-corrected chi connectivity index (χ1v) is 17.5. The lowest BCUT2D eigenvalue weighted by molar-refractivity contribution is -0.137. The zero-order valence-corrected chi connectivity index (χ0v) is 29.6. The van der Waals surface area contributed by atoms with Gasteiger partial charge in [0.15, 0.2) is 11.5 Å². The van der Waals surface area contributed by atoms with Crippen LogP contribution in [0.2, 0.25) is 0 Å². The van der Waals surface area contributed by atoms with E-state index in [9.17, 15) is 32.0 Å². The Morgan fingerprint density at radius 2 is 1.92 bits per heavy atom. The summed E-state index contributed by atoms with van der Waals surface area (Å²) in [5, 5.41) is 13.4. The fourth-order valence-corrected chi connectivity index (χ4v) is 8.28. The highest BCUT2D eigenvalue weighted by Crippen LogP contribution is 2.48. The average molecular weight is 758 g/mol. The molecule has 2 aromatic carbocycles. The van der Waals surface area contributed by atoms with Crippen LogP contribution in [-0.2, 0) is 19.3 Å². The molecule has 2 saturated heterocycles. The standard InChI is InChI=1S/C28H21F5N8O2S.C7H12FN/c1-39(2)26(42)18-8-12-11-40(6-7-41(12)38-18)25-14-9-16(28(31,32)33)20(21(30)22(14)36-27(37-25)43-3)13-4-5-17(29)23-19(13)15(10-34)24(35)44-23;8-6-4-7-2-1-3-9(7)5-6/h4-5,8-9H,6-7,11,35H2,1-3H3;6-7H,1-5H2. The molecule has 2 N–H and O–H groups in total. The molecule has 2 fully saturated rings. The van der Waals surface area contributed by atoms with E-state index >= 15 is 4.39 Å². The molecule has 3 aliphatic rings. The Morgan fingerprint density at radius 1 is 1.15 bits per heavy atom. The highest BCUT2D eigenvalue weighted by Gasteiger charge is 2.39. The first kappa shape index (κ1) is 36.2. The molecule has 6 heterocycles. The van der Waals surface area contributed by atoms with Crippen molar-refractivity contribution in [2.45, 2.75) is 50.7 Å². The maximum absolute atomic E-state index is 16.6. The second-order valence-corrected chi connectivity index (χ2v) is 14.3. The molecule has 0 spiro atoms. The maximum Gasteiger partial charge on any atom is 0.417 e. The Kier molecular flexibility index (Phi) is 9.35. The number of alkyl halides is 4. The van der Waals surface area contributed by atoms with E-state index in [-0.39, 0.29) is 74.7 Å². The van der Waals surface area contributed by atoms with Gasteiger partial charge in [-0.1, -0.05) is 6.07 Å². The first-order valence-electron chi connectivity index (χ1n) is 16.7. The van der Waals surface area contributed by atoms with Gasteiger partial charge >= 0.3 is 12.2 Å². The van der Waals surface area contributed by atoms with Crippen LogP contribution in [-0.4, -0.2) is 88.5 Å². The molecule has 278 valence electrons. The SMILES string of the molecule is COc1nc(N2CCn3nc(C(=O)N(C)C)cc3C2)c2cc(C(F)(F)F)c(-c3ccc(F)c4sc(N)c(C#N)c34)c(F)c2n1.FC1CC2CCCN2C1. The molecule has 2 atom stereocenters. The molecular formula is C35H33F6N9O2S. The third kappa shape index (κ3) is 6.45. The van der Waals surface area contributed by atoms with Crippen molar-refractivity contribution in [3.63, 3.8) is 0 Å². The van der Waals surface area contributed by atoms with E-state index in [0.717, 1.165) is 31.2 Å². The summed E-state index contributed by atoms with van der Waals surface area (Å²) in [6.45, 7) is 2.42. The molecule has 0 radical (unpaired) electrons. The number of hydrogen-bond donors (Lipinski definition) is 1. The van der Waals surface area contributed by atoms with Gasteiger partial charge in [-0.2, -0.15) is 33.5 Å². The van der Waals surface area contributed by atoms with E-state index in [1.807, 2.05) is 0 Å². The Morgan fingerprint density at radius 3 is 2.60 bits per heavy atom. The monoisotopic (exact) mass is 757 g/mol. The van der Waals surface area contributed by atoms with Gasteiger partial charge in [0, 0.05) is 49.6 Å². The normalized spacial score (nSPS) is 18.5. The number of carbonyl (C=O) groups excluding carboxylic acids is 1. The molecule has 1 amide bonds. The summed E-state index contributed by atoms with van der Waals surface area (Å²) >= 11 is 0.682. The number of aromatic nitrogens is 4. The molecular weight excluding hydrogens is 725 g/mol. The number of halogens is 6. The Labute approximate surface area is 303 Å². The van der Waals surface area contributed by atoms with Crippen LogP contribution >= 0.6 is 11.3 Å². The smallest absolute Gasteiger partial charge is 0.417 e. The molecule has 3 aliphatic heterocycles. The second kappa shape index (κ2) is 13.7. The van der Waals surface area contributed by atoms with Crippen molar-refractivity contribution in [2.24, 2.45) is 0 Å². The van der Waals surface area contributed by atoms with Crippen molar-refractivity contribution in [3.05, 3.63) is 58.4 Å². The number of nitriles is 1. The largest absolute Gasteiger partial charge is 0.467 e. The third-order valence-electron chi connectivity index (χ3n) is 9.76. The van der Waals surface area contributed by atoms with Crippen molar-refractivity contribution < 1.29 is 35.9 Å². The van der Waals surface area contributed by atoms with Gasteiger partial charge in [0.1, 0.15) is 34.4 Å². The number of nitrogens with two attached hydrogens (primary N) is 1. The van der Waals surface area contributed by atoms with E-state index in [1.54, 1.807) is 35.8 Å². The van der Waals surface area contributed by atoms with E-state index in [0.29, 0.717) is 29.6 Å². The highest BCUT2D eigenvalue weighted by atomic mass is 32.1. The minimum Gasteiger partial charge on any atom is -0.467 e. The fourth-order valence-electron chi connectivity index (χ4n) is 7.33. The van der Waals surface area contributed by atoms with Crippen LogP contribution in [0.4, 0.5) is 37.2 Å². The quantitative estimate of drug-likeness (QED) is 0.208. The van der Waals surface area contributed by atoms with Crippen LogP contribution in [0.1, 0.15) is 46.6 Å². The number of methoxy groups -OCH3 is 1. The molecule has 0 saturated carbocycles. The van der Waals surface area contributed by atoms with Crippen LogP contribution < -0.4 is 15.4 Å². The number of nitrogens with zero attached hydrogens (tertiary/aromatic N) is 8. The lowest BCUT2D eigenvalue weighted by atomic mass is 9.92. The van der Waals surface area contributed by atoms with E-state index in [4.69, 9.17) is 10.5 Å². The number of anilines is 2. The van der Waals surface area contributed by atoms with Crippen LogP contribution in [0.5, 0.6) is 6.01 Å². The summed E-state index contributed by atoms with van der Waals surface area (Å²) < 4.78 is 94.7. The minimum absolute atomic E-state index is 0.0301. The van der Waals surface area contributed by atoms with E-state index in [2.05, 4.69) is 20.0 Å². The predicted molar refractivity (Wildman–Crippen MR) is 186 cm³/mol. The molecule has 18 heteroatoms. The van der Waals surface area contributed by atoms with Crippen molar-refractivity contribution in [1.82, 2.24) is 29.5 Å². The molecule has 53 heavy (non-hydrogen) atoms. The summed E-state index contributed by atoms with van der Waals surface area (Å²) in [6, 6.07) is 6.31. The summed E-state index contributed by atoms with van der Waals surface area (Å²) in [5.41, 5.74) is 3.28. The summed E-state index contributed by atoms with van der Waals surface area (Å²) in [4.78, 5) is 26.1. The Balaban J connectivity index is 0.000000418. The van der Waals surface area contributed by atoms with Gasteiger partial charge < -0.3 is 20.3 Å². The van der Waals surface area contributed by atoms with Crippen LogP contribution in [0, 0.1) is 23.0 Å². The maximum atomic E-state index is 16.6. The fraction of sp³-hybridized carbons (Fsp3) is 0.400. The highest BCUT2D eigenvalue weighted by molar-refractivity contribution is 7.23. The number of carbonyl (C=O) groups is 1. The van der Waals surface area contributed by atoms with Crippen LogP contribution in [0.25, 0.3) is 32.1 Å². The van der Waals surface area contributed by atoms with Gasteiger partial charge in [-0.25, -0.2) is 13.2 Å². The number of rotatable bonds is 4. The molecule has 2 unspecified atom stereocenters. The molecule has 8 rings (SSSR count). The van der Waals surface area contributed by atoms with Crippen molar-refractivity contribution in [1.29, 1.82) is 5.26 Å². The van der Waals surface area contributed by atoms with E-state index < -0.39 is 40.6 Å². The second-order valence-electron chi connectivity index (χ2n) is 13.3. The lowest BCUT2D eigenvalue weighted by Crippen LogP contribution is -2.34. The Hall–Kier alpha value is -5.15. The van der Waals surface area contributed by atoms with Crippen molar-refractivity contribution in [2.75, 3.05) is 51.5 Å². The van der Waals surface area contributed by atoms with Crippen LogP contribution in [0.15, 0.2) is 24.3 Å². The predicted octanol–water partition coefficient (Wildman–Crippen LogP) is 6.38. The number of amides is 1.